The second-order valence-corrected chi connectivity index (χ2v) is 3.08. The van der Waals surface area contributed by atoms with E-state index in [4.69, 9.17) is 0 Å². The average Bonchev–Trinajstić information content (AvgIpc) is 2.31. The van der Waals surface area contributed by atoms with Crippen LogP contribution in [0.5, 0.6) is 0 Å². The van der Waals surface area contributed by atoms with Crippen molar-refractivity contribution in [2.24, 2.45) is 0 Å². The van der Waals surface area contributed by atoms with Gasteiger partial charge in [0.2, 0.25) is 5.91 Å². The topological polar surface area (TPSA) is 49.4 Å². The molecule has 0 aromatic carbocycles. The van der Waals surface area contributed by atoms with Crippen LogP contribution in [0.15, 0.2) is 12.2 Å². The van der Waals surface area contributed by atoms with Gasteiger partial charge in [-0.3, -0.25) is 9.59 Å². The van der Waals surface area contributed by atoms with Crippen molar-refractivity contribution in [2.45, 2.75) is 34.6 Å². The largest absolute Gasteiger partial charge is 0.345 e. The van der Waals surface area contributed by atoms with Gasteiger partial charge in [-0.05, 0) is 21.0 Å². The molecule has 4 heteroatoms. The standard InChI is InChI=1S/C9H16N2O2.2C2H6/c1-8(12)7-10-9(13)5-4-6-11(2)3;2*1-2/h4-5H,6-7H2,1-3H3,(H,10,13);2*1-2H3/b5-4+;;. The molecule has 0 aromatic heterocycles. The summed E-state index contributed by atoms with van der Waals surface area (Å²) in [6.07, 6.45) is 3.18. The van der Waals surface area contributed by atoms with Crippen LogP contribution in [0.2, 0.25) is 0 Å². The molecule has 1 amide bonds. The third kappa shape index (κ3) is 25.3. The highest BCUT2D eigenvalue weighted by Crippen LogP contribution is 1.78. The van der Waals surface area contributed by atoms with Gasteiger partial charge in [0.1, 0.15) is 5.78 Å². The van der Waals surface area contributed by atoms with Crippen LogP contribution in [0.3, 0.4) is 0 Å². The summed E-state index contributed by atoms with van der Waals surface area (Å²) in [7, 11) is 3.83. The first kappa shape index (κ1) is 21.2. The van der Waals surface area contributed by atoms with E-state index in [0.29, 0.717) is 6.54 Å². The number of rotatable bonds is 5. The second-order valence-electron chi connectivity index (χ2n) is 3.08. The molecule has 0 saturated carbocycles. The Bertz CT molecular complexity index is 211. The van der Waals surface area contributed by atoms with Gasteiger partial charge in [-0.25, -0.2) is 0 Å². The minimum absolute atomic E-state index is 0.0469. The first-order valence-electron chi connectivity index (χ1n) is 6.11. The number of nitrogens with zero attached hydrogens (tertiary/aromatic N) is 1. The molecule has 0 aromatic rings. The van der Waals surface area contributed by atoms with Crippen molar-refractivity contribution in [2.75, 3.05) is 27.2 Å². The van der Waals surface area contributed by atoms with Crippen molar-refractivity contribution in [1.82, 2.24) is 10.2 Å². The maximum absolute atomic E-state index is 11.0. The van der Waals surface area contributed by atoms with Gasteiger partial charge in [-0.2, -0.15) is 0 Å². The fourth-order valence-corrected chi connectivity index (χ4v) is 0.641. The van der Waals surface area contributed by atoms with Crippen LogP contribution in [0, 0.1) is 0 Å². The lowest BCUT2D eigenvalue weighted by Crippen LogP contribution is -2.26. The summed E-state index contributed by atoms with van der Waals surface area (Å²) in [5, 5.41) is 2.46. The van der Waals surface area contributed by atoms with E-state index in [2.05, 4.69) is 5.32 Å². The van der Waals surface area contributed by atoms with Gasteiger partial charge >= 0.3 is 0 Å². The second kappa shape index (κ2) is 17.2. The Morgan fingerprint density at radius 1 is 1.12 bits per heavy atom. The minimum atomic E-state index is -0.225. The SMILES string of the molecule is CC.CC.CC(=O)CNC(=O)/C=C/CN(C)C. The first-order chi connectivity index (χ1) is 8.02. The lowest BCUT2D eigenvalue weighted by Gasteiger charge is -2.03. The molecule has 0 fully saturated rings. The van der Waals surface area contributed by atoms with Gasteiger partial charge in [0.25, 0.3) is 0 Å². The van der Waals surface area contributed by atoms with Gasteiger partial charge < -0.3 is 10.2 Å². The third-order valence-electron chi connectivity index (χ3n) is 1.25. The van der Waals surface area contributed by atoms with Gasteiger partial charge in [0, 0.05) is 12.6 Å². The minimum Gasteiger partial charge on any atom is -0.345 e. The lowest BCUT2D eigenvalue weighted by atomic mass is 10.4. The molecule has 4 nitrogen and oxygen atoms in total. The molecular weight excluding hydrogens is 216 g/mol. The highest BCUT2D eigenvalue weighted by atomic mass is 16.2. The van der Waals surface area contributed by atoms with Crippen molar-refractivity contribution in [3.05, 3.63) is 12.2 Å². The van der Waals surface area contributed by atoms with E-state index in [1.54, 1.807) is 6.08 Å². The lowest BCUT2D eigenvalue weighted by molar-refractivity contribution is -0.121. The molecule has 0 unspecified atom stereocenters. The number of ketones is 1. The van der Waals surface area contributed by atoms with E-state index in [0.717, 1.165) is 0 Å². The zero-order chi connectivity index (χ0) is 14.3. The van der Waals surface area contributed by atoms with Crippen molar-refractivity contribution in [1.29, 1.82) is 0 Å². The number of nitrogens with one attached hydrogen (secondary N) is 1. The smallest absolute Gasteiger partial charge is 0.244 e. The quantitative estimate of drug-likeness (QED) is 0.751. The number of likely N-dealkylation sites (N-methyl/N-ethyl adjacent to an activating group) is 1. The van der Waals surface area contributed by atoms with E-state index < -0.39 is 0 Å². The van der Waals surface area contributed by atoms with Gasteiger partial charge in [-0.1, -0.05) is 33.8 Å². The Balaban J connectivity index is -0.000000439. The van der Waals surface area contributed by atoms with Crippen LogP contribution in [0.25, 0.3) is 0 Å². The van der Waals surface area contributed by atoms with Crippen molar-refractivity contribution >= 4 is 11.7 Å². The molecular formula is C13H28N2O2. The van der Waals surface area contributed by atoms with Crippen LogP contribution in [0.4, 0.5) is 0 Å². The van der Waals surface area contributed by atoms with Crippen LogP contribution < -0.4 is 5.32 Å². The molecule has 0 rings (SSSR count). The summed E-state index contributed by atoms with van der Waals surface area (Å²) >= 11 is 0. The molecule has 0 radical (unpaired) electrons. The number of amides is 1. The molecule has 0 aliphatic carbocycles. The fraction of sp³-hybridized carbons (Fsp3) is 0.692. The van der Waals surface area contributed by atoms with Crippen LogP contribution in [-0.2, 0) is 9.59 Å². The van der Waals surface area contributed by atoms with Crippen LogP contribution in [-0.4, -0.2) is 43.8 Å². The summed E-state index contributed by atoms with van der Waals surface area (Å²) in [4.78, 5) is 23.4. The van der Waals surface area contributed by atoms with E-state index in [1.807, 2.05) is 46.7 Å². The Morgan fingerprint density at radius 3 is 1.94 bits per heavy atom. The molecule has 0 aliphatic rings. The molecule has 0 bridgehead atoms. The fourth-order valence-electron chi connectivity index (χ4n) is 0.641. The van der Waals surface area contributed by atoms with Gasteiger partial charge in [0.15, 0.2) is 0 Å². The number of hydrogen-bond acceptors (Lipinski definition) is 3. The van der Waals surface area contributed by atoms with Crippen LogP contribution >= 0.6 is 0 Å². The Hall–Kier alpha value is -1.16. The molecule has 0 aliphatic heterocycles. The van der Waals surface area contributed by atoms with Gasteiger partial charge in [-0.15, -0.1) is 0 Å². The Morgan fingerprint density at radius 2 is 1.59 bits per heavy atom. The average molecular weight is 244 g/mol. The van der Waals surface area contributed by atoms with E-state index >= 15 is 0 Å². The molecule has 0 saturated heterocycles. The molecule has 17 heavy (non-hydrogen) atoms. The summed E-state index contributed by atoms with van der Waals surface area (Å²) in [5.41, 5.74) is 0. The third-order valence-corrected chi connectivity index (χ3v) is 1.25. The van der Waals surface area contributed by atoms with Crippen molar-refractivity contribution < 1.29 is 9.59 Å². The summed E-state index contributed by atoms with van der Waals surface area (Å²) in [5.74, 6) is -0.272. The van der Waals surface area contributed by atoms with Crippen LogP contribution in [0.1, 0.15) is 34.6 Å². The number of Topliss-reactive ketones (excluding diaryl/α,β-unsaturated/α-hetero) is 1. The molecule has 0 atom stereocenters. The monoisotopic (exact) mass is 244 g/mol. The number of hydrogen-bond donors (Lipinski definition) is 1. The van der Waals surface area contributed by atoms with E-state index in [1.165, 1.54) is 13.0 Å². The summed E-state index contributed by atoms with van der Waals surface area (Å²) < 4.78 is 0. The molecule has 0 spiro atoms. The molecule has 1 N–H and O–H groups in total. The summed E-state index contributed by atoms with van der Waals surface area (Å²) in [6.45, 7) is 10.3. The molecule has 102 valence electrons. The highest BCUT2D eigenvalue weighted by Gasteiger charge is 1.96. The molecule has 0 heterocycles. The first-order valence-corrected chi connectivity index (χ1v) is 6.11. The normalized spacial score (nSPS) is 8.94. The zero-order valence-electron chi connectivity index (χ0n) is 12.3. The zero-order valence-corrected chi connectivity index (χ0v) is 12.3. The highest BCUT2D eigenvalue weighted by molar-refractivity contribution is 5.91. The maximum Gasteiger partial charge on any atom is 0.244 e. The summed E-state index contributed by atoms with van der Waals surface area (Å²) in [6, 6.07) is 0. The predicted octanol–water partition coefficient (Wildman–Crippen LogP) is 1.86. The Kier molecular flexibility index (Phi) is 21.5. The van der Waals surface area contributed by atoms with E-state index in [9.17, 15) is 9.59 Å². The maximum atomic E-state index is 11.0. The Labute approximate surface area is 106 Å². The number of carbonyl (C=O) groups excluding carboxylic acids is 2. The van der Waals surface area contributed by atoms with Crippen molar-refractivity contribution in [3.8, 4) is 0 Å². The van der Waals surface area contributed by atoms with Gasteiger partial charge in [0.05, 0.1) is 6.54 Å². The van der Waals surface area contributed by atoms with Crippen molar-refractivity contribution in [3.63, 3.8) is 0 Å². The predicted molar refractivity (Wildman–Crippen MR) is 74.1 cm³/mol. The van der Waals surface area contributed by atoms with E-state index in [-0.39, 0.29) is 18.2 Å². The number of carbonyl (C=O) groups is 2.